The van der Waals surface area contributed by atoms with E-state index in [1.54, 1.807) is 18.2 Å². The first-order valence-corrected chi connectivity index (χ1v) is 4.51. The first kappa shape index (κ1) is 10.6. The van der Waals surface area contributed by atoms with Gasteiger partial charge >= 0.3 is 0 Å². The first-order valence-electron chi connectivity index (χ1n) is 3.76. The molecular weight excluding hydrogens is 211 g/mol. The third-order valence-corrected chi connectivity index (χ3v) is 2.22. The molecule has 0 aliphatic heterocycles. The van der Waals surface area contributed by atoms with Gasteiger partial charge in [-0.05, 0) is 12.1 Å². The Bertz CT molecular complexity index is 281. The quantitative estimate of drug-likeness (QED) is 0.463. The second kappa shape index (κ2) is 5.29. The summed E-state index contributed by atoms with van der Waals surface area (Å²) in [6.07, 6.45) is 0. The van der Waals surface area contributed by atoms with Crippen molar-refractivity contribution in [1.82, 2.24) is 5.43 Å². The van der Waals surface area contributed by atoms with E-state index in [1.165, 1.54) is 0 Å². The number of benzene rings is 1. The average molecular weight is 221 g/mol. The van der Waals surface area contributed by atoms with Crippen LogP contribution >= 0.6 is 23.2 Å². The van der Waals surface area contributed by atoms with Crippen LogP contribution in [-0.2, 0) is 0 Å². The molecule has 0 heterocycles. The van der Waals surface area contributed by atoms with E-state index in [2.05, 4.69) is 5.43 Å². The number of halogens is 2. The molecule has 0 aliphatic rings. The molecule has 0 aromatic heterocycles. The number of hydrogen-bond acceptors (Lipinski definition) is 3. The minimum Gasteiger partial charge on any atom is -0.491 e. The molecule has 13 heavy (non-hydrogen) atoms. The van der Waals surface area contributed by atoms with Crippen LogP contribution in [0.3, 0.4) is 0 Å². The molecule has 0 saturated heterocycles. The molecule has 0 fully saturated rings. The van der Waals surface area contributed by atoms with Crippen molar-refractivity contribution in [3.8, 4) is 5.75 Å². The highest BCUT2D eigenvalue weighted by Crippen LogP contribution is 2.31. The van der Waals surface area contributed by atoms with Gasteiger partial charge in [-0.1, -0.05) is 29.3 Å². The molecule has 5 heteroatoms. The lowest BCUT2D eigenvalue weighted by Gasteiger charge is -2.07. The lowest BCUT2D eigenvalue weighted by molar-refractivity contribution is 0.315. The van der Waals surface area contributed by atoms with E-state index in [4.69, 9.17) is 33.8 Å². The fraction of sp³-hybridized carbons (Fsp3) is 0.250. The number of nitrogens with two attached hydrogens (primary N) is 1. The van der Waals surface area contributed by atoms with Crippen LogP contribution in [0.1, 0.15) is 0 Å². The van der Waals surface area contributed by atoms with Crippen molar-refractivity contribution in [3.05, 3.63) is 28.2 Å². The topological polar surface area (TPSA) is 47.3 Å². The lowest BCUT2D eigenvalue weighted by Crippen LogP contribution is -2.27. The van der Waals surface area contributed by atoms with Crippen molar-refractivity contribution in [2.24, 2.45) is 5.84 Å². The van der Waals surface area contributed by atoms with Gasteiger partial charge in [-0.25, -0.2) is 0 Å². The molecule has 3 N–H and O–H groups in total. The minimum absolute atomic E-state index is 0.432. The van der Waals surface area contributed by atoms with Gasteiger partial charge < -0.3 is 4.74 Å². The third kappa shape index (κ3) is 3.04. The Hall–Kier alpha value is -0.480. The average Bonchev–Trinajstić information content (AvgIpc) is 2.13. The van der Waals surface area contributed by atoms with Crippen LogP contribution in [0.25, 0.3) is 0 Å². The Morgan fingerprint density at radius 2 is 2.15 bits per heavy atom. The van der Waals surface area contributed by atoms with Crippen LogP contribution in [0.4, 0.5) is 0 Å². The van der Waals surface area contributed by atoms with Gasteiger partial charge in [-0.2, -0.15) is 0 Å². The van der Waals surface area contributed by atoms with Crippen LogP contribution in [0, 0.1) is 0 Å². The number of hydrogen-bond donors (Lipinski definition) is 2. The zero-order valence-corrected chi connectivity index (χ0v) is 8.40. The van der Waals surface area contributed by atoms with E-state index in [-0.39, 0.29) is 0 Å². The summed E-state index contributed by atoms with van der Waals surface area (Å²) in [5, 5.41) is 0.918. The molecule has 0 radical (unpaired) electrons. The second-order valence-electron chi connectivity index (χ2n) is 2.35. The van der Waals surface area contributed by atoms with Crippen LogP contribution in [0.2, 0.25) is 10.0 Å². The highest BCUT2D eigenvalue weighted by atomic mass is 35.5. The zero-order valence-electron chi connectivity index (χ0n) is 6.89. The maximum atomic E-state index is 5.86. The standard InChI is InChI=1S/C8H10Cl2N2O/c9-6-2-1-3-7(8(6)10)13-5-4-12-11/h1-3,12H,4-5,11H2. The van der Waals surface area contributed by atoms with E-state index < -0.39 is 0 Å². The van der Waals surface area contributed by atoms with Crippen molar-refractivity contribution < 1.29 is 4.74 Å². The van der Waals surface area contributed by atoms with Crippen molar-refractivity contribution >= 4 is 23.2 Å². The van der Waals surface area contributed by atoms with Gasteiger partial charge in [0.2, 0.25) is 0 Å². The normalized spacial score (nSPS) is 10.1. The maximum Gasteiger partial charge on any atom is 0.139 e. The lowest BCUT2D eigenvalue weighted by atomic mass is 10.3. The molecule has 1 aromatic carbocycles. The molecule has 0 amide bonds. The molecule has 0 atom stereocenters. The summed E-state index contributed by atoms with van der Waals surface area (Å²) in [6, 6.07) is 5.24. The van der Waals surface area contributed by atoms with E-state index in [0.717, 1.165) is 0 Å². The highest BCUT2D eigenvalue weighted by molar-refractivity contribution is 6.42. The Morgan fingerprint density at radius 3 is 2.85 bits per heavy atom. The van der Waals surface area contributed by atoms with Crippen LogP contribution in [0.5, 0.6) is 5.75 Å². The number of rotatable bonds is 4. The van der Waals surface area contributed by atoms with Crippen molar-refractivity contribution in [1.29, 1.82) is 0 Å². The van der Waals surface area contributed by atoms with Gasteiger partial charge in [0, 0.05) is 6.54 Å². The summed E-state index contributed by atoms with van der Waals surface area (Å²) in [6.45, 7) is 1.01. The summed E-state index contributed by atoms with van der Waals surface area (Å²) in [4.78, 5) is 0. The van der Waals surface area contributed by atoms with Crippen LogP contribution in [0.15, 0.2) is 18.2 Å². The largest absolute Gasteiger partial charge is 0.491 e. The van der Waals surface area contributed by atoms with Crippen molar-refractivity contribution in [2.75, 3.05) is 13.2 Å². The Labute approximate surface area is 86.7 Å². The fourth-order valence-electron chi connectivity index (χ4n) is 0.815. The fourth-order valence-corrected chi connectivity index (χ4v) is 1.16. The van der Waals surface area contributed by atoms with E-state index in [1.807, 2.05) is 0 Å². The van der Waals surface area contributed by atoms with Gasteiger partial charge in [0.15, 0.2) is 0 Å². The molecule has 1 rings (SSSR count). The zero-order chi connectivity index (χ0) is 9.68. The van der Waals surface area contributed by atoms with Crippen LogP contribution in [-0.4, -0.2) is 13.2 Å². The monoisotopic (exact) mass is 220 g/mol. The number of nitrogens with one attached hydrogen (secondary N) is 1. The molecule has 0 unspecified atom stereocenters. The summed E-state index contributed by atoms with van der Waals surface area (Å²) >= 11 is 11.6. The summed E-state index contributed by atoms with van der Waals surface area (Å²) in [5.41, 5.74) is 2.47. The van der Waals surface area contributed by atoms with Crippen molar-refractivity contribution in [3.63, 3.8) is 0 Å². The number of ether oxygens (including phenoxy) is 1. The predicted molar refractivity (Wildman–Crippen MR) is 54.1 cm³/mol. The molecule has 0 aliphatic carbocycles. The SMILES string of the molecule is NNCCOc1cccc(Cl)c1Cl. The highest BCUT2D eigenvalue weighted by Gasteiger charge is 2.03. The minimum atomic E-state index is 0.432. The summed E-state index contributed by atoms with van der Waals surface area (Å²) in [5.74, 6) is 5.65. The molecule has 0 spiro atoms. The Kier molecular flexibility index (Phi) is 4.32. The maximum absolute atomic E-state index is 5.86. The van der Waals surface area contributed by atoms with Gasteiger partial charge in [-0.3, -0.25) is 11.3 Å². The van der Waals surface area contributed by atoms with Gasteiger partial charge in [0.25, 0.3) is 0 Å². The molecule has 0 bridgehead atoms. The van der Waals surface area contributed by atoms with Gasteiger partial charge in [0.05, 0.1) is 5.02 Å². The molecule has 3 nitrogen and oxygen atoms in total. The summed E-state index contributed by atoms with van der Waals surface area (Å²) in [7, 11) is 0. The van der Waals surface area contributed by atoms with Gasteiger partial charge in [0.1, 0.15) is 17.4 Å². The molecule has 72 valence electrons. The Morgan fingerprint density at radius 1 is 1.38 bits per heavy atom. The Balaban J connectivity index is 2.61. The first-order chi connectivity index (χ1) is 6.25. The molecule has 1 aromatic rings. The number of hydrazine groups is 1. The van der Waals surface area contributed by atoms with Crippen molar-refractivity contribution in [2.45, 2.75) is 0 Å². The predicted octanol–water partition coefficient (Wildman–Crippen LogP) is 1.84. The second-order valence-corrected chi connectivity index (χ2v) is 3.14. The van der Waals surface area contributed by atoms with Gasteiger partial charge in [-0.15, -0.1) is 0 Å². The molecular formula is C8H10Cl2N2O. The van der Waals surface area contributed by atoms with E-state index in [0.29, 0.717) is 28.9 Å². The van der Waals surface area contributed by atoms with Crippen LogP contribution < -0.4 is 16.0 Å². The third-order valence-electron chi connectivity index (χ3n) is 1.42. The van der Waals surface area contributed by atoms with E-state index >= 15 is 0 Å². The summed E-state index contributed by atoms with van der Waals surface area (Å²) < 4.78 is 5.30. The van der Waals surface area contributed by atoms with E-state index in [9.17, 15) is 0 Å². The smallest absolute Gasteiger partial charge is 0.139 e. The molecule has 0 saturated carbocycles.